The van der Waals surface area contributed by atoms with Crippen molar-refractivity contribution in [2.45, 2.75) is 79.1 Å². The highest BCUT2D eigenvalue weighted by molar-refractivity contribution is 6.34. The van der Waals surface area contributed by atoms with E-state index in [0.717, 1.165) is 18.2 Å². The molecule has 0 fully saturated rings. The van der Waals surface area contributed by atoms with E-state index in [1.165, 1.54) is 41.5 Å². The summed E-state index contributed by atoms with van der Waals surface area (Å²) in [6.07, 6.45) is -3.95. The fourth-order valence-electron chi connectivity index (χ4n) is 3.17. The Morgan fingerprint density at radius 1 is 0.690 bits per heavy atom. The zero-order valence-electron chi connectivity index (χ0n) is 24.6. The molecule has 2 N–H and O–H groups in total. The predicted octanol–water partition coefficient (Wildman–Crippen LogP) is 8.03. The first kappa shape index (κ1) is 34.2. The summed E-state index contributed by atoms with van der Waals surface area (Å²) < 4.78 is 61.4. The number of nitrogens with one attached hydrogen (secondary N) is 2. The van der Waals surface area contributed by atoms with Crippen molar-refractivity contribution in [2.75, 3.05) is 15.5 Å². The van der Waals surface area contributed by atoms with Crippen LogP contribution in [0.15, 0.2) is 24.3 Å². The molecule has 14 heteroatoms. The van der Waals surface area contributed by atoms with E-state index in [1.807, 2.05) is 5.32 Å². The molecule has 0 aliphatic carbocycles. The van der Waals surface area contributed by atoms with Gasteiger partial charge in [-0.25, -0.2) is 27.6 Å². The van der Waals surface area contributed by atoms with Crippen molar-refractivity contribution in [1.29, 1.82) is 0 Å². The first-order valence-electron chi connectivity index (χ1n) is 12.5. The molecule has 0 aliphatic rings. The van der Waals surface area contributed by atoms with Crippen molar-refractivity contribution in [3.8, 4) is 0 Å². The van der Waals surface area contributed by atoms with Crippen LogP contribution in [0.4, 0.5) is 44.6 Å². The molecule has 0 unspecified atom stereocenters. The lowest BCUT2D eigenvalue weighted by atomic mass is 10.1. The van der Waals surface area contributed by atoms with Crippen molar-refractivity contribution in [2.24, 2.45) is 0 Å². The Morgan fingerprint density at radius 3 is 1.62 bits per heavy atom. The van der Waals surface area contributed by atoms with Crippen molar-refractivity contribution >= 4 is 52.8 Å². The summed E-state index contributed by atoms with van der Waals surface area (Å²) in [6, 6.07) is 3.62. The van der Waals surface area contributed by atoms with E-state index < -0.39 is 86.1 Å². The standard InChI is InChI=1S/C28H33ClF3N3O7/c1-26(2,3)40-23(37)34-16-12-10-14(29)18(19(16)31)22(36)33-17-13-11-15(30)21(20(17)32)35(24(38)41-27(4,5)6)25(39)42-28(7,8)9/h10-13H,1-9H3,(H,33,36)(H,34,37). The molecule has 2 rings (SSSR count). The van der Waals surface area contributed by atoms with Crippen molar-refractivity contribution in [3.05, 3.63) is 52.3 Å². The third kappa shape index (κ3) is 9.26. The molecule has 0 atom stereocenters. The van der Waals surface area contributed by atoms with E-state index in [2.05, 4.69) is 5.32 Å². The highest BCUT2D eigenvalue weighted by Crippen LogP contribution is 2.33. The summed E-state index contributed by atoms with van der Waals surface area (Å²) in [5, 5.41) is 3.78. The predicted molar refractivity (Wildman–Crippen MR) is 151 cm³/mol. The van der Waals surface area contributed by atoms with Crippen LogP contribution in [0.2, 0.25) is 5.02 Å². The number of amides is 4. The Labute approximate surface area is 246 Å². The molecule has 0 spiro atoms. The average Bonchev–Trinajstić information content (AvgIpc) is 2.76. The van der Waals surface area contributed by atoms with Gasteiger partial charge in [-0.1, -0.05) is 11.6 Å². The molecule has 10 nitrogen and oxygen atoms in total. The molecule has 0 bridgehead atoms. The first-order chi connectivity index (χ1) is 19.0. The SMILES string of the molecule is CC(C)(C)OC(=O)Nc1ccc(Cl)c(C(=O)Nc2ccc(F)c(N(C(=O)OC(C)(C)C)C(=O)OC(C)(C)C)c2F)c1F. The first-order valence-corrected chi connectivity index (χ1v) is 12.9. The Kier molecular flexibility index (Phi) is 10.2. The largest absolute Gasteiger partial charge is 0.444 e. The molecular weight excluding hydrogens is 583 g/mol. The van der Waals surface area contributed by atoms with Crippen LogP contribution in [0, 0.1) is 17.5 Å². The van der Waals surface area contributed by atoms with Gasteiger partial charge in [0, 0.05) is 0 Å². The van der Waals surface area contributed by atoms with Gasteiger partial charge < -0.3 is 19.5 Å². The molecule has 0 heterocycles. The van der Waals surface area contributed by atoms with Gasteiger partial charge in [-0.2, -0.15) is 4.90 Å². The van der Waals surface area contributed by atoms with Crippen molar-refractivity contribution in [3.63, 3.8) is 0 Å². The summed E-state index contributed by atoms with van der Waals surface area (Å²) in [7, 11) is 0. The van der Waals surface area contributed by atoms with Crippen LogP contribution in [0.3, 0.4) is 0 Å². The van der Waals surface area contributed by atoms with Gasteiger partial charge in [0.1, 0.15) is 22.5 Å². The zero-order chi connectivity index (χ0) is 32.4. The number of halogens is 4. The normalized spacial score (nSPS) is 11.8. The third-order valence-electron chi connectivity index (χ3n) is 4.64. The highest BCUT2D eigenvalue weighted by Gasteiger charge is 2.37. The topological polar surface area (TPSA) is 123 Å². The number of ether oxygens (including phenoxy) is 3. The lowest BCUT2D eigenvalue weighted by Crippen LogP contribution is -2.44. The average molecular weight is 616 g/mol. The van der Waals surface area contributed by atoms with Gasteiger partial charge >= 0.3 is 18.3 Å². The Bertz CT molecular complexity index is 1370. The number of carbonyl (C=O) groups excluding carboxylic acids is 4. The zero-order valence-corrected chi connectivity index (χ0v) is 25.4. The molecule has 2 aromatic carbocycles. The van der Waals surface area contributed by atoms with Crippen LogP contribution in [-0.2, 0) is 14.2 Å². The van der Waals surface area contributed by atoms with Crippen LogP contribution < -0.4 is 15.5 Å². The fourth-order valence-corrected chi connectivity index (χ4v) is 3.40. The van der Waals surface area contributed by atoms with Gasteiger partial charge in [-0.15, -0.1) is 0 Å². The van der Waals surface area contributed by atoms with E-state index in [0.29, 0.717) is 6.07 Å². The van der Waals surface area contributed by atoms with Crippen molar-refractivity contribution < 1.29 is 46.6 Å². The number of nitrogens with zero attached hydrogens (tertiary/aromatic N) is 1. The van der Waals surface area contributed by atoms with E-state index in [-0.39, 0.29) is 4.90 Å². The maximum absolute atomic E-state index is 15.7. The maximum Gasteiger partial charge on any atom is 0.424 e. The molecule has 2 aromatic rings. The molecule has 0 saturated carbocycles. The lowest BCUT2D eigenvalue weighted by Gasteiger charge is -2.29. The van der Waals surface area contributed by atoms with Crippen LogP contribution in [-0.4, -0.2) is 41.0 Å². The molecule has 0 saturated heterocycles. The van der Waals surface area contributed by atoms with Gasteiger partial charge in [-0.3, -0.25) is 10.1 Å². The van der Waals surface area contributed by atoms with Gasteiger partial charge in [0.05, 0.1) is 22.0 Å². The number of anilines is 3. The molecule has 0 aromatic heterocycles. The number of hydrogen-bond donors (Lipinski definition) is 2. The summed E-state index contributed by atoms with van der Waals surface area (Å²) in [5.41, 5.74) is -6.51. The highest BCUT2D eigenvalue weighted by atomic mass is 35.5. The van der Waals surface area contributed by atoms with E-state index >= 15 is 13.2 Å². The molecule has 42 heavy (non-hydrogen) atoms. The quantitative estimate of drug-likeness (QED) is 0.334. The minimum Gasteiger partial charge on any atom is -0.444 e. The van der Waals surface area contributed by atoms with Crippen LogP contribution in [0.1, 0.15) is 72.7 Å². The van der Waals surface area contributed by atoms with Gasteiger partial charge in [-0.05, 0) is 86.6 Å². The molecular formula is C28H33ClF3N3O7. The number of benzene rings is 2. The third-order valence-corrected chi connectivity index (χ3v) is 4.96. The molecule has 4 amide bonds. The Hall–Kier alpha value is -4.00. The lowest BCUT2D eigenvalue weighted by molar-refractivity contribution is 0.0425. The second kappa shape index (κ2) is 12.5. The number of imide groups is 1. The van der Waals surface area contributed by atoms with Crippen LogP contribution in [0.25, 0.3) is 0 Å². The summed E-state index contributed by atoms with van der Waals surface area (Å²) in [4.78, 5) is 51.0. The number of hydrogen-bond acceptors (Lipinski definition) is 7. The smallest absolute Gasteiger partial charge is 0.424 e. The Balaban J connectivity index is 2.54. The van der Waals surface area contributed by atoms with Gasteiger partial charge in [0.25, 0.3) is 5.91 Å². The second-order valence-electron chi connectivity index (χ2n) is 11.9. The fraction of sp³-hybridized carbons (Fsp3) is 0.429. The maximum atomic E-state index is 15.7. The second-order valence-corrected chi connectivity index (χ2v) is 12.3. The summed E-state index contributed by atoms with van der Waals surface area (Å²) in [5.74, 6) is -5.55. The Morgan fingerprint density at radius 2 is 1.14 bits per heavy atom. The van der Waals surface area contributed by atoms with Gasteiger partial charge in [0.15, 0.2) is 17.5 Å². The monoisotopic (exact) mass is 615 g/mol. The van der Waals surface area contributed by atoms with E-state index in [4.69, 9.17) is 25.8 Å². The number of carbonyl (C=O) groups is 4. The minimum atomic E-state index is -1.58. The van der Waals surface area contributed by atoms with Gasteiger partial charge in [0.2, 0.25) is 0 Å². The number of rotatable bonds is 4. The van der Waals surface area contributed by atoms with Crippen LogP contribution >= 0.6 is 11.6 Å². The minimum absolute atomic E-state index is 0.00968. The molecule has 230 valence electrons. The summed E-state index contributed by atoms with van der Waals surface area (Å²) in [6.45, 7) is 13.5. The summed E-state index contributed by atoms with van der Waals surface area (Å²) >= 11 is 6.03. The van der Waals surface area contributed by atoms with E-state index in [1.54, 1.807) is 20.8 Å². The van der Waals surface area contributed by atoms with E-state index in [9.17, 15) is 19.2 Å². The molecule has 0 radical (unpaired) electrons. The van der Waals surface area contributed by atoms with Crippen molar-refractivity contribution in [1.82, 2.24) is 0 Å². The van der Waals surface area contributed by atoms with Crippen LogP contribution in [0.5, 0.6) is 0 Å². The molecule has 0 aliphatic heterocycles.